The first-order valence-electron chi connectivity index (χ1n) is 6.63. The molecule has 1 aromatic heterocycles. The molecule has 0 unspecified atom stereocenters. The Morgan fingerprint density at radius 3 is 2.56 bits per heavy atom. The predicted octanol–water partition coefficient (Wildman–Crippen LogP) is 2.68. The molecule has 0 aliphatic carbocycles. The second-order valence-corrected chi connectivity index (χ2v) is 5.02. The maximum atomic E-state index is 4.76. The smallest absolute Gasteiger partial charge is 0.140 e. The van der Waals surface area contributed by atoms with E-state index < -0.39 is 0 Å². The summed E-state index contributed by atoms with van der Waals surface area (Å²) < 4.78 is 2.13. The minimum Gasteiger partial charge on any atom is -0.334 e. The normalized spacial score (nSPS) is 16.3. The first-order chi connectivity index (χ1) is 8.83. The van der Waals surface area contributed by atoms with Crippen molar-refractivity contribution in [1.29, 1.82) is 0 Å². The van der Waals surface area contributed by atoms with Gasteiger partial charge in [-0.25, -0.2) is 4.98 Å². The molecule has 0 amide bonds. The fraction of sp³-hybridized carbons (Fsp3) is 0.400. The van der Waals surface area contributed by atoms with Crippen molar-refractivity contribution in [2.75, 3.05) is 13.1 Å². The molecule has 0 spiro atoms. The maximum Gasteiger partial charge on any atom is 0.140 e. The maximum absolute atomic E-state index is 4.76. The van der Waals surface area contributed by atoms with Crippen molar-refractivity contribution in [1.82, 2.24) is 14.5 Å². The summed E-state index contributed by atoms with van der Waals surface area (Å²) in [6.45, 7) is 3.43. The number of aromatic nitrogens is 2. The van der Waals surface area contributed by atoms with Gasteiger partial charge in [0.2, 0.25) is 0 Å². The van der Waals surface area contributed by atoms with Gasteiger partial charge in [0.15, 0.2) is 0 Å². The summed E-state index contributed by atoms with van der Waals surface area (Å²) >= 11 is 0. The van der Waals surface area contributed by atoms with Crippen molar-refractivity contribution in [3.05, 3.63) is 42.2 Å². The molecular formula is C15H19N3. The predicted molar refractivity (Wildman–Crippen MR) is 73.2 cm³/mol. The van der Waals surface area contributed by atoms with Gasteiger partial charge in [-0.1, -0.05) is 30.3 Å². The van der Waals surface area contributed by atoms with Gasteiger partial charge in [-0.2, -0.15) is 0 Å². The fourth-order valence-electron chi connectivity index (χ4n) is 2.63. The molecule has 18 heavy (non-hydrogen) atoms. The van der Waals surface area contributed by atoms with E-state index in [-0.39, 0.29) is 0 Å². The molecule has 1 aromatic carbocycles. The first-order valence-corrected chi connectivity index (χ1v) is 6.63. The Morgan fingerprint density at radius 2 is 1.83 bits per heavy atom. The molecule has 2 aromatic rings. The van der Waals surface area contributed by atoms with E-state index in [0.29, 0.717) is 0 Å². The zero-order valence-electron chi connectivity index (χ0n) is 10.8. The molecule has 1 fully saturated rings. The lowest BCUT2D eigenvalue weighted by molar-refractivity contribution is 0.327. The number of nitrogens with zero attached hydrogens (tertiary/aromatic N) is 3. The zero-order chi connectivity index (χ0) is 12.4. The minimum atomic E-state index is 0.987. The molecule has 0 atom stereocenters. The van der Waals surface area contributed by atoms with Crippen LogP contribution in [-0.2, 0) is 13.6 Å². The van der Waals surface area contributed by atoms with Gasteiger partial charge >= 0.3 is 0 Å². The highest BCUT2D eigenvalue weighted by molar-refractivity contribution is 5.55. The Hall–Kier alpha value is -1.61. The van der Waals surface area contributed by atoms with E-state index >= 15 is 0 Å². The largest absolute Gasteiger partial charge is 0.334 e. The van der Waals surface area contributed by atoms with Crippen LogP contribution < -0.4 is 0 Å². The minimum absolute atomic E-state index is 0.987. The monoisotopic (exact) mass is 241 g/mol. The Labute approximate surface area is 108 Å². The lowest BCUT2D eigenvalue weighted by Crippen LogP contribution is -2.18. The molecule has 3 nitrogen and oxygen atoms in total. The number of benzene rings is 1. The zero-order valence-corrected chi connectivity index (χ0v) is 10.8. The Balaban J connectivity index is 1.82. The van der Waals surface area contributed by atoms with Crippen LogP contribution in [0.4, 0.5) is 0 Å². The third-order valence-electron chi connectivity index (χ3n) is 3.54. The van der Waals surface area contributed by atoms with E-state index in [4.69, 9.17) is 4.98 Å². The summed E-state index contributed by atoms with van der Waals surface area (Å²) in [7, 11) is 2.07. The summed E-state index contributed by atoms with van der Waals surface area (Å²) in [5.41, 5.74) is 2.37. The van der Waals surface area contributed by atoms with E-state index in [1.807, 2.05) is 6.07 Å². The van der Waals surface area contributed by atoms with Gasteiger partial charge in [0.05, 0.1) is 5.69 Å². The van der Waals surface area contributed by atoms with Crippen molar-refractivity contribution in [3.8, 4) is 11.4 Å². The van der Waals surface area contributed by atoms with Crippen LogP contribution in [0.15, 0.2) is 36.5 Å². The lowest BCUT2D eigenvalue weighted by atomic mass is 10.2. The van der Waals surface area contributed by atoms with Crippen molar-refractivity contribution >= 4 is 0 Å². The molecule has 2 heterocycles. The van der Waals surface area contributed by atoms with Crippen molar-refractivity contribution in [2.45, 2.75) is 19.4 Å². The summed E-state index contributed by atoms with van der Waals surface area (Å²) in [5.74, 6) is 1.06. The molecular weight excluding hydrogens is 222 g/mol. The highest BCUT2D eigenvalue weighted by atomic mass is 15.2. The van der Waals surface area contributed by atoms with Crippen LogP contribution in [0.1, 0.15) is 18.5 Å². The quantitative estimate of drug-likeness (QED) is 0.823. The number of aryl methyl sites for hydroxylation is 1. The van der Waals surface area contributed by atoms with Crippen LogP contribution in [0.2, 0.25) is 0 Å². The average molecular weight is 241 g/mol. The summed E-state index contributed by atoms with van der Waals surface area (Å²) in [5, 5.41) is 0. The molecule has 1 saturated heterocycles. The third kappa shape index (κ3) is 2.31. The molecule has 94 valence electrons. The highest BCUT2D eigenvalue weighted by Crippen LogP contribution is 2.19. The molecule has 3 rings (SSSR count). The molecule has 0 saturated carbocycles. The molecule has 0 radical (unpaired) electrons. The fourth-order valence-corrected chi connectivity index (χ4v) is 2.63. The molecule has 0 N–H and O–H groups in total. The number of hydrogen-bond donors (Lipinski definition) is 0. The highest BCUT2D eigenvalue weighted by Gasteiger charge is 2.14. The van der Waals surface area contributed by atoms with Gasteiger partial charge in [0.25, 0.3) is 0 Å². The van der Waals surface area contributed by atoms with E-state index in [1.165, 1.54) is 37.2 Å². The van der Waals surface area contributed by atoms with E-state index in [0.717, 1.165) is 12.4 Å². The first kappa shape index (κ1) is 11.5. The van der Waals surface area contributed by atoms with Crippen molar-refractivity contribution < 1.29 is 0 Å². The van der Waals surface area contributed by atoms with E-state index in [1.54, 1.807) is 0 Å². The van der Waals surface area contributed by atoms with Crippen LogP contribution in [0.3, 0.4) is 0 Å². The summed E-state index contributed by atoms with van der Waals surface area (Å²) in [4.78, 5) is 7.25. The van der Waals surface area contributed by atoms with Gasteiger partial charge in [-0.15, -0.1) is 0 Å². The standard InChI is InChI=1S/C15H19N3/c1-17-11-14(12-18-9-5-6-10-18)16-15(17)13-7-3-2-4-8-13/h2-4,7-8,11H,5-6,9-10,12H2,1H3. The van der Waals surface area contributed by atoms with E-state index in [2.05, 4.69) is 47.0 Å². The van der Waals surface area contributed by atoms with Crippen molar-refractivity contribution in [3.63, 3.8) is 0 Å². The molecule has 3 heteroatoms. The number of imidazole rings is 1. The number of likely N-dealkylation sites (tertiary alicyclic amines) is 1. The van der Waals surface area contributed by atoms with Gasteiger partial charge in [-0.3, -0.25) is 4.90 Å². The summed E-state index contributed by atoms with van der Waals surface area (Å²) in [6, 6.07) is 10.4. The number of hydrogen-bond acceptors (Lipinski definition) is 2. The van der Waals surface area contributed by atoms with Crippen LogP contribution in [0, 0.1) is 0 Å². The van der Waals surface area contributed by atoms with E-state index in [9.17, 15) is 0 Å². The molecule has 1 aliphatic heterocycles. The van der Waals surface area contributed by atoms with Crippen molar-refractivity contribution in [2.24, 2.45) is 7.05 Å². The van der Waals surface area contributed by atoms with Crippen LogP contribution >= 0.6 is 0 Å². The van der Waals surface area contributed by atoms with Gasteiger partial charge in [0, 0.05) is 25.4 Å². The average Bonchev–Trinajstić information content (AvgIpc) is 3.01. The second-order valence-electron chi connectivity index (χ2n) is 5.02. The SMILES string of the molecule is Cn1cc(CN2CCCC2)nc1-c1ccccc1. The van der Waals surface area contributed by atoms with Crippen LogP contribution in [0.25, 0.3) is 11.4 Å². The second kappa shape index (κ2) is 4.94. The molecule has 0 bridgehead atoms. The van der Waals surface area contributed by atoms with Crippen LogP contribution in [-0.4, -0.2) is 27.5 Å². The van der Waals surface area contributed by atoms with Gasteiger partial charge in [-0.05, 0) is 25.9 Å². The Kier molecular flexibility index (Phi) is 3.15. The van der Waals surface area contributed by atoms with Gasteiger partial charge in [0.1, 0.15) is 5.82 Å². The molecule has 1 aliphatic rings. The Bertz CT molecular complexity index is 510. The number of rotatable bonds is 3. The Morgan fingerprint density at radius 1 is 1.11 bits per heavy atom. The lowest BCUT2D eigenvalue weighted by Gasteiger charge is -2.11. The van der Waals surface area contributed by atoms with Crippen LogP contribution in [0.5, 0.6) is 0 Å². The topological polar surface area (TPSA) is 21.1 Å². The summed E-state index contributed by atoms with van der Waals surface area (Å²) in [6.07, 6.45) is 4.82. The third-order valence-corrected chi connectivity index (χ3v) is 3.54. The van der Waals surface area contributed by atoms with Gasteiger partial charge < -0.3 is 4.57 Å².